The molecule has 3 aliphatic rings. The summed E-state index contributed by atoms with van der Waals surface area (Å²) in [6.45, 7) is 1.29. The predicted molar refractivity (Wildman–Crippen MR) is 217 cm³/mol. The lowest BCUT2D eigenvalue weighted by atomic mass is 9.96. The Kier molecular flexibility index (Phi) is 25.7. The molecule has 12 N–H and O–H groups in total. The number of carbonyl (C=O) groups excluding carboxylic acids is 1. The number of allylic oxidation sites excluding steroid dienone is 1. The monoisotopic (exact) mass is 884 g/mol. The van der Waals surface area contributed by atoms with Crippen LogP contribution in [0.3, 0.4) is 0 Å². The average molecular weight is 884 g/mol. The van der Waals surface area contributed by atoms with Crippen molar-refractivity contribution in [2.24, 2.45) is 0 Å². The normalized spacial score (nSPS) is 35.7. The van der Waals surface area contributed by atoms with Crippen LogP contribution < -0.4 is 5.32 Å². The molecule has 3 aliphatic heterocycles. The summed E-state index contributed by atoms with van der Waals surface area (Å²) >= 11 is 0. The van der Waals surface area contributed by atoms with Gasteiger partial charge in [0.25, 0.3) is 0 Å². The Labute approximate surface area is 359 Å². The topological polar surface area (TPSA) is 307 Å². The van der Waals surface area contributed by atoms with E-state index < -0.39 is 124 Å². The van der Waals surface area contributed by atoms with Crippen molar-refractivity contribution in [3.63, 3.8) is 0 Å². The minimum Gasteiger partial charge on any atom is -0.394 e. The lowest BCUT2D eigenvalue weighted by Crippen LogP contribution is -2.66. The molecule has 3 heterocycles. The van der Waals surface area contributed by atoms with Gasteiger partial charge in [0.2, 0.25) is 5.91 Å². The maximum atomic E-state index is 12.6. The van der Waals surface area contributed by atoms with E-state index in [2.05, 4.69) is 12.2 Å². The predicted octanol–water partition coefficient (Wildman–Crippen LogP) is -0.865. The molecule has 0 spiro atoms. The van der Waals surface area contributed by atoms with Gasteiger partial charge in [-0.05, 0) is 19.3 Å². The third-order valence-electron chi connectivity index (χ3n) is 11.6. The quantitative estimate of drug-likeness (QED) is 0.0321. The summed E-state index contributed by atoms with van der Waals surface area (Å²) in [4.78, 5) is 12.6. The van der Waals surface area contributed by atoms with Crippen LogP contribution in [0.15, 0.2) is 12.2 Å². The van der Waals surface area contributed by atoms with Gasteiger partial charge < -0.3 is 89.9 Å². The largest absolute Gasteiger partial charge is 0.394 e. The number of hydrogen-bond acceptors (Lipinski definition) is 18. The van der Waals surface area contributed by atoms with Crippen LogP contribution in [0.1, 0.15) is 117 Å². The zero-order valence-corrected chi connectivity index (χ0v) is 35.9. The summed E-state index contributed by atoms with van der Waals surface area (Å²) < 4.78 is 33.7. The second-order valence-corrected chi connectivity index (χ2v) is 16.5. The van der Waals surface area contributed by atoms with Crippen LogP contribution in [-0.4, -0.2) is 193 Å². The van der Waals surface area contributed by atoms with Gasteiger partial charge in [-0.2, -0.15) is 0 Å². The molecule has 19 heteroatoms. The number of hydrogen-bond donors (Lipinski definition) is 12. The number of carbonyl (C=O) groups is 1. The second-order valence-electron chi connectivity index (χ2n) is 16.5. The van der Waals surface area contributed by atoms with Crippen molar-refractivity contribution in [1.29, 1.82) is 0 Å². The van der Waals surface area contributed by atoms with E-state index in [1.807, 2.05) is 13.0 Å². The van der Waals surface area contributed by atoms with Gasteiger partial charge in [-0.15, -0.1) is 0 Å². The first-order valence-electron chi connectivity index (χ1n) is 22.4. The maximum Gasteiger partial charge on any atom is 0.220 e. The van der Waals surface area contributed by atoms with E-state index in [0.717, 1.165) is 25.7 Å². The highest BCUT2D eigenvalue weighted by Crippen LogP contribution is 2.33. The molecule has 0 aromatic heterocycles. The van der Waals surface area contributed by atoms with Crippen LogP contribution in [0.2, 0.25) is 0 Å². The molecule has 1 amide bonds. The molecule has 0 aliphatic carbocycles. The SMILES string of the molecule is CCCCCCCCCCCCCCC/C=C/C(O)C(COC1OC(CO)C(OC2OC(CO)C(OC3OC(CO)C(O)C(O)C3O)C(O)C2O)C(O)C1O)NC(=O)CCC. The Hall–Kier alpha value is -1.47. The molecule has 3 fully saturated rings. The minimum absolute atomic E-state index is 0.195. The third-order valence-corrected chi connectivity index (χ3v) is 11.6. The molecule has 0 radical (unpaired) electrons. The Morgan fingerprint density at radius 2 is 1.02 bits per heavy atom. The highest BCUT2D eigenvalue weighted by atomic mass is 16.8. The molecule has 3 rings (SSSR count). The summed E-state index contributed by atoms with van der Waals surface area (Å²) in [6, 6.07) is -0.961. The number of nitrogens with one attached hydrogen (secondary N) is 1. The van der Waals surface area contributed by atoms with Gasteiger partial charge in [0.05, 0.1) is 38.6 Å². The van der Waals surface area contributed by atoms with Crippen LogP contribution in [0.4, 0.5) is 0 Å². The second kappa shape index (κ2) is 29.1. The number of rotatable bonds is 29. The molecule has 19 nitrogen and oxygen atoms in total. The van der Waals surface area contributed by atoms with Crippen LogP contribution >= 0.6 is 0 Å². The molecule has 0 bridgehead atoms. The van der Waals surface area contributed by atoms with Crippen LogP contribution in [0.5, 0.6) is 0 Å². The van der Waals surface area contributed by atoms with Crippen molar-refractivity contribution in [3.8, 4) is 0 Å². The molecule has 358 valence electrons. The molecule has 0 aromatic rings. The van der Waals surface area contributed by atoms with Gasteiger partial charge in [-0.3, -0.25) is 4.79 Å². The Balaban J connectivity index is 1.51. The minimum atomic E-state index is -1.97. The third kappa shape index (κ3) is 16.8. The van der Waals surface area contributed by atoms with E-state index in [4.69, 9.17) is 28.4 Å². The highest BCUT2D eigenvalue weighted by molar-refractivity contribution is 5.76. The van der Waals surface area contributed by atoms with E-state index in [-0.39, 0.29) is 18.9 Å². The molecule has 17 unspecified atom stereocenters. The van der Waals surface area contributed by atoms with Crippen LogP contribution in [-0.2, 0) is 33.2 Å². The van der Waals surface area contributed by atoms with E-state index in [1.165, 1.54) is 64.2 Å². The van der Waals surface area contributed by atoms with Gasteiger partial charge in [-0.1, -0.05) is 103 Å². The van der Waals surface area contributed by atoms with Gasteiger partial charge in [-0.25, -0.2) is 0 Å². The van der Waals surface area contributed by atoms with Crippen molar-refractivity contribution < 1.29 is 89.4 Å². The lowest BCUT2D eigenvalue weighted by molar-refractivity contribution is -0.379. The first kappa shape index (κ1) is 53.9. The van der Waals surface area contributed by atoms with Crippen molar-refractivity contribution in [2.75, 3.05) is 26.4 Å². The fourth-order valence-electron chi connectivity index (χ4n) is 7.76. The van der Waals surface area contributed by atoms with E-state index in [9.17, 15) is 61.0 Å². The molecular weight excluding hydrogens is 806 g/mol. The van der Waals surface area contributed by atoms with Crippen LogP contribution in [0, 0.1) is 0 Å². The van der Waals surface area contributed by atoms with Gasteiger partial charge in [0.15, 0.2) is 18.9 Å². The molecular formula is C42H77NO18. The van der Waals surface area contributed by atoms with Crippen molar-refractivity contribution in [3.05, 3.63) is 12.2 Å². The molecule has 3 saturated heterocycles. The molecule has 61 heavy (non-hydrogen) atoms. The molecule has 17 atom stereocenters. The van der Waals surface area contributed by atoms with E-state index >= 15 is 0 Å². The summed E-state index contributed by atoms with van der Waals surface area (Å²) in [5.41, 5.74) is 0. The standard InChI is InChI=1S/C42H77NO18/c1-3-5-6-7-8-9-10-11-12-13-14-15-16-17-18-20-26(47)25(43-30(48)19-4-2)24-56-40-36(54)33(51)38(28(22-45)58-40)61-42-37(55)34(52)39(29(23-46)59-42)60-41-35(53)32(50)31(49)27(21-44)57-41/h18,20,25-29,31-42,44-47,49-55H,3-17,19,21-24H2,1-2H3,(H,43,48)/b20-18+. The summed E-state index contributed by atoms with van der Waals surface area (Å²) in [7, 11) is 0. The van der Waals surface area contributed by atoms with Crippen molar-refractivity contribution in [1.82, 2.24) is 5.32 Å². The van der Waals surface area contributed by atoms with Gasteiger partial charge >= 0.3 is 0 Å². The van der Waals surface area contributed by atoms with E-state index in [0.29, 0.717) is 6.42 Å². The van der Waals surface area contributed by atoms with Crippen molar-refractivity contribution >= 4 is 5.91 Å². The number of aliphatic hydroxyl groups excluding tert-OH is 11. The van der Waals surface area contributed by atoms with Gasteiger partial charge in [0.1, 0.15) is 73.2 Å². The van der Waals surface area contributed by atoms with Gasteiger partial charge in [0, 0.05) is 6.42 Å². The first-order valence-corrected chi connectivity index (χ1v) is 22.4. The number of aliphatic hydroxyl groups is 11. The fraction of sp³-hybridized carbons (Fsp3) is 0.929. The molecule has 0 aromatic carbocycles. The van der Waals surface area contributed by atoms with Crippen molar-refractivity contribution in [2.45, 2.75) is 221 Å². The Morgan fingerprint density at radius 1 is 0.574 bits per heavy atom. The summed E-state index contributed by atoms with van der Waals surface area (Å²) in [6.07, 6.45) is -5.67. The smallest absolute Gasteiger partial charge is 0.220 e. The summed E-state index contributed by atoms with van der Waals surface area (Å²) in [5.74, 6) is -0.331. The first-order chi connectivity index (χ1) is 29.3. The number of unbranched alkanes of at least 4 members (excludes halogenated alkanes) is 13. The average Bonchev–Trinajstić information content (AvgIpc) is 3.25. The zero-order valence-electron chi connectivity index (χ0n) is 35.9. The lowest BCUT2D eigenvalue weighted by Gasteiger charge is -2.48. The van der Waals surface area contributed by atoms with E-state index in [1.54, 1.807) is 6.08 Å². The Bertz CT molecular complexity index is 1200. The number of ether oxygens (including phenoxy) is 6. The summed E-state index contributed by atoms with van der Waals surface area (Å²) in [5, 5.41) is 118. The molecule has 0 saturated carbocycles. The van der Waals surface area contributed by atoms with Crippen LogP contribution in [0.25, 0.3) is 0 Å². The maximum absolute atomic E-state index is 12.6. The number of amides is 1. The fourth-order valence-corrected chi connectivity index (χ4v) is 7.76. The highest BCUT2D eigenvalue weighted by Gasteiger charge is 2.53. The zero-order chi connectivity index (χ0) is 44.9. The Morgan fingerprint density at radius 3 is 1.51 bits per heavy atom.